The van der Waals surface area contributed by atoms with Crippen molar-refractivity contribution in [1.29, 1.82) is 0 Å². The van der Waals surface area contributed by atoms with Gasteiger partial charge in [0.1, 0.15) is 17.3 Å². The molecule has 6 heteroatoms. The van der Waals surface area contributed by atoms with Crippen molar-refractivity contribution in [3.63, 3.8) is 0 Å². The average Bonchev–Trinajstić information content (AvgIpc) is 2.94. The van der Waals surface area contributed by atoms with Crippen LogP contribution >= 0.6 is 0 Å². The highest BCUT2D eigenvalue weighted by Crippen LogP contribution is 2.15. The first kappa shape index (κ1) is 15.8. The minimum absolute atomic E-state index is 0.274. The summed E-state index contributed by atoms with van der Waals surface area (Å²) in [6.07, 6.45) is 3.79. The van der Waals surface area contributed by atoms with Crippen molar-refractivity contribution in [2.45, 2.75) is 19.4 Å². The molecule has 0 spiro atoms. The SMILES string of the molecule is CC(/C=C/c1ccc(Cc2ccc(F)cc2)o1)N(O)C(N)=O. The molecule has 1 unspecified atom stereocenters. The molecule has 2 aromatic rings. The van der Waals surface area contributed by atoms with Crippen LogP contribution in [0, 0.1) is 5.82 Å². The molecule has 1 aromatic heterocycles. The second-order valence-electron chi connectivity index (χ2n) is 4.89. The normalized spacial score (nSPS) is 12.5. The van der Waals surface area contributed by atoms with Gasteiger partial charge in [0.15, 0.2) is 0 Å². The summed E-state index contributed by atoms with van der Waals surface area (Å²) in [6.45, 7) is 1.61. The van der Waals surface area contributed by atoms with Crippen LogP contribution in [0.5, 0.6) is 0 Å². The van der Waals surface area contributed by atoms with Crippen LogP contribution in [-0.4, -0.2) is 22.3 Å². The molecule has 0 saturated carbocycles. The number of benzene rings is 1. The van der Waals surface area contributed by atoms with Crippen molar-refractivity contribution in [3.8, 4) is 0 Å². The molecule has 0 aliphatic carbocycles. The van der Waals surface area contributed by atoms with E-state index in [1.54, 1.807) is 37.3 Å². The zero-order chi connectivity index (χ0) is 16.1. The molecule has 2 rings (SSSR count). The summed E-state index contributed by atoms with van der Waals surface area (Å²) >= 11 is 0. The van der Waals surface area contributed by atoms with Gasteiger partial charge >= 0.3 is 6.03 Å². The number of hydroxylamine groups is 2. The predicted molar refractivity (Wildman–Crippen MR) is 79.6 cm³/mol. The number of primary amides is 1. The summed E-state index contributed by atoms with van der Waals surface area (Å²) in [6, 6.07) is 8.31. The topological polar surface area (TPSA) is 79.7 Å². The molecule has 0 bridgehead atoms. The molecule has 0 aliphatic heterocycles. The summed E-state index contributed by atoms with van der Waals surface area (Å²) in [5, 5.41) is 9.77. The van der Waals surface area contributed by atoms with Gasteiger partial charge in [-0.15, -0.1) is 0 Å². The van der Waals surface area contributed by atoms with Crippen molar-refractivity contribution in [3.05, 3.63) is 65.4 Å². The first-order valence-electron chi connectivity index (χ1n) is 6.74. The van der Waals surface area contributed by atoms with Crippen molar-refractivity contribution in [2.75, 3.05) is 0 Å². The van der Waals surface area contributed by atoms with E-state index >= 15 is 0 Å². The maximum absolute atomic E-state index is 12.8. The number of halogens is 1. The smallest absolute Gasteiger partial charge is 0.339 e. The minimum atomic E-state index is -0.923. The van der Waals surface area contributed by atoms with Gasteiger partial charge in [0.25, 0.3) is 0 Å². The molecular formula is C16H17FN2O3. The number of hydrogen-bond acceptors (Lipinski definition) is 3. The Morgan fingerprint density at radius 2 is 2.05 bits per heavy atom. The third-order valence-electron chi connectivity index (χ3n) is 3.12. The van der Waals surface area contributed by atoms with Crippen LogP contribution in [0.2, 0.25) is 0 Å². The Labute approximate surface area is 127 Å². The van der Waals surface area contributed by atoms with Crippen LogP contribution in [0.3, 0.4) is 0 Å². The molecule has 0 saturated heterocycles. The van der Waals surface area contributed by atoms with E-state index in [-0.39, 0.29) is 5.82 Å². The van der Waals surface area contributed by atoms with Crippen molar-refractivity contribution in [2.24, 2.45) is 5.73 Å². The van der Waals surface area contributed by atoms with Gasteiger partial charge in [-0.2, -0.15) is 5.06 Å². The fourth-order valence-electron chi connectivity index (χ4n) is 1.90. The lowest BCUT2D eigenvalue weighted by atomic mass is 10.1. The van der Waals surface area contributed by atoms with E-state index in [1.807, 2.05) is 6.07 Å². The Morgan fingerprint density at radius 1 is 1.36 bits per heavy atom. The van der Waals surface area contributed by atoms with Crippen molar-refractivity contribution < 1.29 is 18.8 Å². The van der Waals surface area contributed by atoms with Crippen molar-refractivity contribution in [1.82, 2.24) is 5.06 Å². The summed E-state index contributed by atoms with van der Waals surface area (Å²) < 4.78 is 18.4. The van der Waals surface area contributed by atoms with Gasteiger partial charge in [0, 0.05) is 6.42 Å². The summed E-state index contributed by atoms with van der Waals surface area (Å²) in [5.41, 5.74) is 5.90. The Balaban J connectivity index is 1.99. The Kier molecular flexibility index (Phi) is 4.95. The monoisotopic (exact) mass is 304 g/mol. The number of hydrogen-bond donors (Lipinski definition) is 2. The van der Waals surface area contributed by atoms with E-state index in [0.29, 0.717) is 17.2 Å². The maximum Gasteiger partial charge on any atom is 0.339 e. The first-order chi connectivity index (χ1) is 10.5. The summed E-state index contributed by atoms with van der Waals surface area (Å²) in [5.74, 6) is 1.04. The van der Waals surface area contributed by atoms with Gasteiger partial charge in [-0.05, 0) is 42.8 Å². The highest BCUT2D eigenvalue weighted by Gasteiger charge is 2.11. The number of rotatable bonds is 5. The van der Waals surface area contributed by atoms with Crippen LogP contribution in [-0.2, 0) is 6.42 Å². The Hall–Kier alpha value is -2.60. The quantitative estimate of drug-likeness (QED) is 0.657. The van der Waals surface area contributed by atoms with Crippen LogP contribution < -0.4 is 5.73 Å². The van der Waals surface area contributed by atoms with E-state index in [4.69, 9.17) is 10.2 Å². The number of amides is 2. The fourth-order valence-corrected chi connectivity index (χ4v) is 1.90. The van der Waals surface area contributed by atoms with Gasteiger partial charge in [-0.25, -0.2) is 9.18 Å². The average molecular weight is 304 g/mol. The Morgan fingerprint density at radius 3 is 2.68 bits per heavy atom. The second-order valence-corrected chi connectivity index (χ2v) is 4.89. The largest absolute Gasteiger partial charge is 0.461 e. The lowest BCUT2D eigenvalue weighted by Gasteiger charge is -2.16. The standard InChI is InChI=1S/C16H17FN2O3/c1-11(19(21)16(18)20)2-7-14-8-9-15(22-14)10-12-3-5-13(17)6-4-12/h2-9,11,21H,10H2,1H3,(H2,18,20)/b7-2+. The molecule has 2 amide bonds. The van der Waals surface area contributed by atoms with Gasteiger partial charge in [0.2, 0.25) is 0 Å². The maximum atomic E-state index is 12.8. The van der Waals surface area contributed by atoms with Crippen LogP contribution in [0.15, 0.2) is 46.9 Å². The highest BCUT2D eigenvalue weighted by molar-refractivity contribution is 5.71. The third-order valence-corrected chi connectivity index (χ3v) is 3.12. The number of carbonyl (C=O) groups is 1. The van der Waals surface area contributed by atoms with Crippen molar-refractivity contribution >= 4 is 12.1 Å². The molecule has 116 valence electrons. The Bertz CT molecular complexity index is 664. The van der Waals surface area contributed by atoms with Crippen LogP contribution in [0.25, 0.3) is 6.08 Å². The van der Waals surface area contributed by atoms with Gasteiger partial charge in [-0.1, -0.05) is 18.2 Å². The third kappa shape index (κ3) is 4.20. The fraction of sp³-hybridized carbons (Fsp3) is 0.188. The molecule has 0 fully saturated rings. The molecule has 3 N–H and O–H groups in total. The van der Waals surface area contributed by atoms with E-state index < -0.39 is 12.1 Å². The molecule has 22 heavy (non-hydrogen) atoms. The molecule has 1 atom stereocenters. The molecule has 0 radical (unpaired) electrons. The predicted octanol–water partition coefficient (Wildman–Crippen LogP) is 3.18. The second kappa shape index (κ2) is 6.91. The number of nitrogens with zero attached hydrogens (tertiary/aromatic N) is 1. The number of carbonyl (C=O) groups excluding carboxylic acids is 1. The molecule has 5 nitrogen and oxygen atoms in total. The molecule has 0 aliphatic rings. The number of urea groups is 1. The van der Waals surface area contributed by atoms with E-state index in [1.165, 1.54) is 12.1 Å². The zero-order valence-electron chi connectivity index (χ0n) is 12.1. The highest BCUT2D eigenvalue weighted by atomic mass is 19.1. The van der Waals surface area contributed by atoms with E-state index in [0.717, 1.165) is 11.3 Å². The minimum Gasteiger partial charge on any atom is -0.461 e. The van der Waals surface area contributed by atoms with Gasteiger partial charge in [0.05, 0.1) is 6.04 Å². The molecule has 1 aromatic carbocycles. The lowest BCUT2D eigenvalue weighted by Crippen LogP contribution is -2.38. The van der Waals surface area contributed by atoms with E-state index in [2.05, 4.69) is 0 Å². The summed E-state index contributed by atoms with van der Waals surface area (Å²) in [7, 11) is 0. The van der Waals surface area contributed by atoms with Crippen LogP contribution in [0.1, 0.15) is 24.0 Å². The number of nitrogens with two attached hydrogens (primary N) is 1. The number of furan rings is 1. The zero-order valence-corrected chi connectivity index (χ0v) is 12.1. The van der Waals surface area contributed by atoms with Gasteiger partial charge < -0.3 is 10.2 Å². The first-order valence-corrected chi connectivity index (χ1v) is 6.74. The molecular weight excluding hydrogens is 287 g/mol. The lowest BCUT2D eigenvalue weighted by molar-refractivity contribution is -0.0560. The summed E-state index contributed by atoms with van der Waals surface area (Å²) in [4.78, 5) is 10.8. The molecule has 1 heterocycles. The van der Waals surface area contributed by atoms with Crippen LogP contribution in [0.4, 0.5) is 9.18 Å². The van der Waals surface area contributed by atoms with Gasteiger partial charge in [-0.3, -0.25) is 5.21 Å². The van der Waals surface area contributed by atoms with E-state index in [9.17, 15) is 14.4 Å².